The minimum Gasteiger partial charge on any atom is -0.353 e. The smallest absolute Gasteiger partial charge is 0.236 e. The summed E-state index contributed by atoms with van der Waals surface area (Å²) in [5.41, 5.74) is 5.80. The van der Waals surface area contributed by atoms with Crippen LogP contribution < -0.4 is 11.1 Å². The van der Waals surface area contributed by atoms with Gasteiger partial charge >= 0.3 is 0 Å². The van der Waals surface area contributed by atoms with Crippen molar-refractivity contribution in [3.63, 3.8) is 0 Å². The molecule has 1 unspecified atom stereocenters. The standard InChI is InChI=1S/C11H22N2OS2/c1-11(5-3-6-16-11)8-13-10(14)9(12)4-7-15-2/h9H,3-8,12H2,1-2H3,(H,13,14)/t9-,11?/m0/s1. The summed E-state index contributed by atoms with van der Waals surface area (Å²) in [6, 6.07) is -0.345. The average molecular weight is 262 g/mol. The van der Waals surface area contributed by atoms with Crippen LogP contribution in [0.4, 0.5) is 0 Å². The molecule has 0 radical (unpaired) electrons. The maximum absolute atomic E-state index is 11.7. The summed E-state index contributed by atoms with van der Waals surface area (Å²) >= 11 is 3.68. The molecule has 94 valence electrons. The Balaban J connectivity index is 2.23. The van der Waals surface area contributed by atoms with E-state index in [1.165, 1.54) is 18.6 Å². The summed E-state index contributed by atoms with van der Waals surface area (Å²) in [6.45, 7) is 2.97. The van der Waals surface area contributed by atoms with Crippen molar-refractivity contribution in [2.45, 2.75) is 37.0 Å². The quantitative estimate of drug-likeness (QED) is 0.761. The van der Waals surface area contributed by atoms with Crippen LogP contribution in [0.5, 0.6) is 0 Å². The van der Waals surface area contributed by atoms with Gasteiger partial charge in [-0.15, -0.1) is 0 Å². The van der Waals surface area contributed by atoms with E-state index in [4.69, 9.17) is 5.73 Å². The molecule has 0 bridgehead atoms. The van der Waals surface area contributed by atoms with Gasteiger partial charge in [0.2, 0.25) is 5.91 Å². The number of nitrogens with one attached hydrogen (secondary N) is 1. The lowest BCUT2D eigenvalue weighted by Gasteiger charge is -2.23. The summed E-state index contributed by atoms with van der Waals surface area (Å²) in [6.07, 6.45) is 5.24. The lowest BCUT2D eigenvalue weighted by atomic mass is 10.1. The minimum absolute atomic E-state index is 0.00257. The van der Waals surface area contributed by atoms with Gasteiger partial charge in [-0.25, -0.2) is 0 Å². The number of thioether (sulfide) groups is 2. The molecule has 0 aliphatic carbocycles. The summed E-state index contributed by atoms with van der Waals surface area (Å²) in [5, 5.41) is 2.98. The zero-order valence-electron chi connectivity index (χ0n) is 10.1. The monoisotopic (exact) mass is 262 g/mol. The Bertz CT molecular complexity index is 230. The van der Waals surface area contributed by atoms with Crippen LogP contribution in [0.1, 0.15) is 26.2 Å². The fourth-order valence-corrected chi connectivity index (χ4v) is 3.49. The van der Waals surface area contributed by atoms with Crippen LogP contribution in [-0.4, -0.2) is 41.0 Å². The third-order valence-electron chi connectivity index (χ3n) is 2.91. The molecule has 1 aliphatic heterocycles. The van der Waals surface area contributed by atoms with E-state index in [1.807, 2.05) is 18.0 Å². The van der Waals surface area contributed by atoms with Gasteiger partial charge in [0, 0.05) is 11.3 Å². The first-order valence-corrected chi connectivity index (χ1v) is 8.11. The van der Waals surface area contributed by atoms with Gasteiger partial charge in [0.25, 0.3) is 0 Å². The molecule has 1 amide bonds. The van der Waals surface area contributed by atoms with Gasteiger partial charge in [0.15, 0.2) is 0 Å². The molecule has 3 N–H and O–H groups in total. The first-order valence-electron chi connectivity index (χ1n) is 5.73. The number of hydrogen-bond acceptors (Lipinski definition) is 4. The van der Waals surface area contributed by atoms with Crippen LogP contribution in [0, 0.1) is 0 Å². The highest BCUT2D eigenvalue weighted by atomic mass is 32.2. The van der Waals surface area contributed by atoms with E-state index in [-0.39, 0.29) is 16.7 Å². The normalized spacial score (nSPS) is 26.7. The van der Waals surface area contributed by atoms with Crippen LogP contribution in [0.25, 0.3) is 0 Å². The fourth-order valence-electron chi connectivity index (χ4n) is 1.76. The Morgan fingerprint density at radius 3 is 3.00 bits per heavy atom. The number of carbonyl (C=O) groups excluding carboxylic acids is 1. The van der Waals surface area contributed by atoms with Crippen LogP contribution in [-0.2, 0) is 4.79 Å². The molecule has 0 aromatic carbocycles. The maximum Gasteiger partial charge on any atom is 0.236 e. The zero-order chi connectivity index (χ0) is 12.0. The molecule has 0 aromatic heterocycles. The Hall–Kier alpha value is 0.130. The molecule has 1 aliphatic rings. The second kappa shape index (κ2) is 6.77. The molecule has 3 nitrogen and oxygen atoms in total. The second-order valence-electron chi connectivity index (χ2n) is 4.51. The lowest BCUT2D eigenvalue weighted by molar-refractivity contribution is -0.122. The van der Waals surface area contributed by atoms with E-state index < -0.39 is 0 Å². The third-order valence-corrected chi connectivity index (χ3v) is 5.09. The van der Waals surface area contributed by atoms with Crippen molar-refractivity contribution in [1.82, 2.24) is 5.32 Å². The first kappa shape index (κ1) is 14.2. The summed E-state index contributed by atoms with van der Waals surface area (Å²) in [7, 11) is 0. The van der Waals surface area contributed by atoms with Crippen molar-refractivity contribution in [2.24, 2.45) is 5.73 Å². The van der Waals surface area contributed by atoms with E-state index in [9.17, 15) is 4.79 Å². The number of amides is 1. The van der Waals surface area contributed by atoms with Gasteiger partial charge in [0.05, 0.1) is 6.04 Å². The molecule has 0 saturated carbocycles. The van der Waals surface area contributed by atoms with Gasteiger partial charge in [-0.2, -0.15) is 23.5 Å². The highest BCUT2D eigenvalue weighted by molar-refractivity contribution is 8.00. The number of rotatable bonds is 6. The van der Waals surface area contributed by atoms with E-state index in [0.717, 1.165) is 18.7 Å². The number of nitrogens with two attached hydrogens (primary N) is 1. The van der Waals surface area contributed by atoms with E-state index in [2.05, 4.69) is 12.2 Å². The van der Waals surface area contributed by atoms with Crippen molar-refractivity contribution >= 4 is 29.4 Å². The van der Waals surface area contributed by atoms with Crippen LogP contribution in [0.2, 0.25) is 0 Å². The molecular formula is C11H22N2OS2. The Labute approximate surface area is 107 Å². The Morgan fingerprint density at radius 1 is 1.69 bits per heavy atom. The van der Waals surface area contributed by atoms with Gasteiger partial charge in [-0.3, -0.25) is 4.79 Å². The van der Waals surface area contributed by atoms with Gasteiger partial charge in [0.1, 0.15) is 0 Å². The third kappa shape index (κ3) is 4.55. The summed E-state index contributed by atoms with van der Waals surface area (Å²) in [5.74, 6) is 2.16. The number of carbonyl (C=O) groups is 1. The SMILES string of the molecule is CSCC[C@H](N)C(=O)NCC1(C)CCCS1. The Kier molecular flexibility index (Phi) is 6.00. The highest BCUT2D eigenvalue weighted by Gasteiger charge is 2.30. The van der Waals surface area contributed by atoms with Crippen molar-refractivity contribution in [3.8, 4) is 0 Å². The van der Waals surface area contributed by atoms with Crippen LogP contribution in [0.3, 0.4) is 0 Å². The second-order valence-corrected chi connectivity index (χ2v) is 7.18. The molecule has 2 atom stereocenters. The van der Waals surface area contributed by atoms with Crippen molar-refractivity contribution in [2.75, 3.05) is 24.3 Å². The molecule has 0 spiro atoms. The first-order chi connectivity index (χ1) is 7.57. The molecule has 1 fully saturated rings. The van der Waals surface area contributed by atoms with Gasteiger partial charge in [-0.05, 0) is 43.9 Å². The molecular weight excluding hydrogens is 240 g/mol. The van der Waals surface area contributed by atoms with E-state index >= 15 is 0 Å². The van der Waals surface area contributed by atoms with Crippen molar-refractivity contribution in [1.29, 1.82) is 0 Å². The van der Waals surface area contributed by atoms with E-state index in [0.29, 0.717) is 0 Å². The van der Waals surface area contributed by atoms with Gasteiger partial charge < -0.3 is 11.1 Å². The summed E-state index contributed by atoms with van der Waals surface area (Å²) < 4.78 is 0.231. The molecule has 0 aromatic rings. The number of hydrogen-bond donors (Lipinski definition) is 2. The highest BCUT2D eigenvalue weighted by Crippen LogP contribution is 2.36. The predicted molar refractivity (Wildman–Crippen MR) is 74.1 cm³/mol. The average Bonchev–Trinajstić information content (AvgIpc) is 2.70. The molecule has 1 heterocycles. The minimum atomic E-state index is -0.345. The maximum atomic E-state index is 11.7. The van der Waals surface area contributed by atoms with Crippen LogP contribution >= 0.6 is 23.5 Å². The van der Waals surface area contributed by atoms with Gasteiger partial charge in [-0.1, -0.05) is 0 Å². The zero-order valence-corrected chi connectivity index (χ0v) is 11.8. The molecule has 16 heavy (non-hydrogen) atoms. The molecule has 1 saturated heterocycles. The lowest BCUT2D eigenvalue weighted by Crippen LogP contribution is -2.45. The predicted octanol–water partition coefficient (Wildman–Crippen LogP) is 1.47. The molecule has 5 heteroatoms. The topological polar surface area (TPSA) is 55.1 Å². The Morgan fingerprint density at radius 2 is 2.44 bits per heavy atom. The van der Waals surface area contributed by atoms with E-state index in [1.54, 1.807) is 11.8 Å². The summed E-state index contributed by atoms with van der Waals surface area (Å²) in [4.78, 5) is 11.7. The fraction of sp³-hybridized carbons (Fsp3) is 0.909. The van der Waals surface area contributed by atoms with Crippen molar-refractivity contribution < 1.29 is 4.79 Å². The van der Waals surface area contributed by atoms with Crippen LogP contribution in [0.15, 0.2) is 0 Å². The van der Waals surface area contributed by atoms with Crippen molar-refractivity contribution in [3.05, 3.63) is 0 Å². The molecule has 1 rings (SSSR count). The largest absolute Gasteiger partial charge is 0.353 e.